The van der Waals surface area contributed by atoms with Crippen molar-refractivity contribution in [2.75, 3.05) is 20.3 Å². The first-order chi connectivity index (χ1) is 13.0. The zero-order valence-corrected chi connectivity index (χ0v) is 17.1. The van der Waals surface area contributed by atoms with Gasteiger partial charge in [-0.2, -0.15) is 4.31 Å². The van der Waals surface area contributed by atoms with Gasteiger partial charge < -0.3 is 9.47 Å². The van der Waals surface area contributed by atoms with E-state index in [1.165, 1.54) is 27.8 Å². The molecule has 0 N–H and O–H groups in total. The molecule has 3 aromatic rings. The van der Waals surface area contributed by atoms with E-state index in [2.05, 4.69) is 4.98 Å². The summed E-state index contributed by atoms with van der Waals surface area (Å²) in [6.07, 6.45) is 0. The van der Waals surface area contributed by atoms with E-state index in [-0.39, 0.29) is 11.4 Å². The number of aromatic nitrogens is 1. The number of sulfonamides is 1. The summed E-state index contributed by atoms with van der Waals surface area (Å²) >= 11 is 1.50. The number of hydrogen-bond acceptors (Lipinski definition) is 6. The third-order valence-electron chi connectivity index (χ3n) is 3.92. The van der Waals surface area contributed by atoms with Crippen LogP contribution < -0.4 is 9.47 Å². The summed E-state index contributed by atoms with van der Waals surface area (Å²) in [7, 11) is -2.13. The summed E-state index contributed by atoms with van der Waals surface area (Å²) in [5, 5.41) is 0.748. The fourth-order valence-electron chi connectivity index (χ4n) is 2.63. The highest BCUT2D eigenvalue weighted by Crippen LogP contribution is 2.32. The van der Waals surface area contributed by atoms with Gasteiger partial charge in [0.1, 0.15) is 5.01 Å². The van der Waals surface area contributed by atoms with Crippen LogP contribution in [-0.2, 0) is 16.6 Å². The second-order valence-electron chi connectivity index (χ2n) is 5.81. The average Bonchev–Trinajstić information content (AvgIpc) is 3.05. The molecule has 0 bridgehead atoms. The van der Waals surface area contributed by atoms with E-state index in [9.17, 15) is 8.42 Å². The van der Waals surface area contributed by atoms with Crippen molar-refractivity contribution >= 4 is 31.6 Å². The van der Waals surface area contributed by atoms with E-state index in [1.807, 2.05) is 38.1 Å². The Morgan fingerprint density at radius 3 is 2.44 bits per heavy atom. The maximum absolute atomic E-state index is 13.0. The molecule has 0 spiro atoms. The third kappa shape index (κ3) is 4.23. The second kappa shape index (κ2) is 8.24. The van der Waals surface area contributed by atoms with Crippen LogP contribution in [0.15, 0.2) is 47.4 Å². The number of nitrogens with zero attached hydrogens (tertiary/aromatic N) is 2. The average molecular weight is 407 g/mol. The van der Waals surface area contributed by atoms with Crippen LogP contribution in [0.5, 0.6) is 11.5 Å². The minimum atomic E-state index is -3.68. The molecule has 0 aliphatic heterocycles. The van der Waals surface area contributed by atoms with E-state index in [0.29, 0.717) is 24.7 Å². The number of rotatable bonds is 8. The molecule has 0 aliphatic rings. The van der Waals surface area contributed by atoms with Crippen molar-refractivity contribution < 1.29 is 17.9 Å². The Hall–Kier alpha value is -2.16. The van der Waals surface area contributed by atoms with Gasteiger partial charge in [-0.3, -0.25) is 0 Å². The van der Waals surface area contributed by atoms with Crippen molar-refractivity contribution in [2.24, 2.45) is 0 Å². The maximum atomic E-state index is 13.0. The molecular formula is C19H22N2O4S2. The van der Waals surface area contributed by atoms with Crippen molar-refractivity contribution in [3.63, 3.8) is 0 Å². The monoisotopic (exact) mass is 406 g/mol. The lowest BCUT2D eigenvalue weighted by Gasteiger charge is -2.18. The molecule has 2 aromatic carbocycles. The van der Waals surface area contributed by atoms with Gasteiger partial charge in [0.15, 0.2) is 11.5 Å². The van der Waals surface area contributed by atoms with E-state index in [4.69, 9.17) is 9.47 Å². The lowest BCUT2D eigenvalue weighted by Crippen LogP contribution is -2.26. The van der Waals surface area contributed by atoms with Crippen LogP contribution in [0.4, 0.5) is 0 Å². The van der Waals surface area contributed by atoms with Crippen molar-refractivity contribution in [3.05, 3.63) is 47.5 Å². The van der Waals surface area contributed by atoms with E-state index < -0.39 is 10.0 Å². The molecule has 8 heteroatoms. The Balaban J connectivity index is 1.86. The molecule has 0 radical (unpaired) electrons. The third-order valence-corrected chi connectivity index (χ3v) is 6.74. The topological polar surface area (TPSA) is 68.7 Å². The first-order valence-corrected chi connectivity index (χ1v) is 10.9. The fourth-order valence-corrected chi connectivity index (χ4v) is 4.89. The molecule has 0 atom stereocenters. The van der Waals surface area contributed by atoms with Gasteiger partial charge in [-0.25, -0.2) is 13.4 Å². The number of fused-ring (bicyclic) bond motifs is 1. The lowest BCUT2D eigenvalue weighted by molar-refractivity contribution is 0.287. The maximum Gasteiger partial charge on any atom is 0.243 e. The van der Waals surface area contributed by atoms with Crippen LogP contribution in [0.1, 0.15) is 18.9 Å². The van der Waals surface area contributed by atoms with Gasteiger partial charge in [0.25, 0.3) is 0 Å². The number of ether oxygens (including phenoxy) is 2. The molecule has 144 valence electrons. The van der Waals surface area contributed by atoms with Crippen LogP contribution in [0, 0.1) is 0 Å². The van der Waals surface area contributed by atoms with Crippen LogP contribution in [0.2, 0.25) is 0 Å². The Bertz CT molecular complexity index is 998. The quantitative estimate of drug-likeness (QED) is 0.567. The van der Waals surface area contributed by atoms with Crippen molar-refractivity contribution in [1.29, 1.82) is 0 Å². The molecule has 3 rings (SSSR count). The van der Waals surface area contributed by atoms with E-state index in [1.54, 1.807) is 13.1 Å². The zero-order valence-electron chi connectivity index (χ0n) is 15.5. The first-order valence-electron chi connectivity index (χ1n) is 8.66. The molecule has 1 heterocycles. The van der Waals surface area contributed by atoms with Crippen LogP contribution >= 0.6 is 11.3 Å². The highest BCUT2D eigenvalue weighted by molar-refractivity contribution is 7.89. The Morgan fingerprint density at radius 2 is 1.74 bits per heavy atom. The number of benzene rings is 2. The fraction of sp³-hybridized carbons (Fsp3) is 0.316. The smallest absolute Gasteiger partial charge is 0.243 e. The molecule has 0 saturated heterocycles. The standard InChI is InChI=1S/C19H22N2O4S2/c1-4-24-16-11-10-14(12-17(16)25-5-2)27(22,23)21(3)13-19-20-15-8-6-7-9-18(15)26-19/h6-12H,4-5,13H2,1-3H3. The molecular weight excluding hydrogens is 384 g/mol. The molecule has 0 aliphatic carbocycles. The van der Waals surface area contributed by atoms with Crippen molar-refractivity contribution in [2.45, 2.75) is 25.3 Å². The highest BCUT2D eigenvalue weighted by atomic mass is 32.2. The van der Waals surface area contributed by atoms with E-state index >= 15 is 0 Å². The summed E-state index contributed by atoms with van der Waals surface area (Å²) in [5.74, 6) is 0.959. The van der Waals surface area contributed by atoms with Gasteiger partial charge in [0.05, 0.1) is 34.9 Å². The molecule has 6 nitrogen and oxygen atoms in total. The number of hydrogen-bond donors (Lipinski definition) is 0. The van der Waals surface area contributed by atoms with Gasteiger partial charge in [-0.1, -0.05) is 12.1 Å². The predicted molar refractivity (Wildman–Crippen MR) is 107 cm³/mol. The van der Waals surface area contributed by atoms with E-state index in [0.717, 1.165) is 15.2 Å². The Morgan fingerprint density at radius 1 is 1.04 bits per heavy atom. The lowest BCUT2D eigenvalue weighted by atomic mass is 10.3. The summed E-state index contributed by atoms with van der Waals surface area (Å²) in [4.78, 5) is 4.68. The first kappa shape index (κ1) is 19.6. The molecule has 0 fully saturated rings. The van der Waals surface area contributed by atoms with Crippen molar-refractivity contribution in [3.8, 4) is 11.5 Å². The summed E-state index contributed by atoms with van der Waals surface area (Å²) in [5.41, 5.74) is 0.878. The molecule has 0 unspecified atom stereocenters. The van der Waals surface area contributed by atoms with Crippen LogP contribution in [0.25, 0.3) is 10.2 Å². The molecule has 27 heavy (non-hydrogen) atoms. The van der Waals surface area contributed by atoms with Gasteiger partial charge in [-0.05, 0) is 38.1 Å². The SMILES string of the molecule is CCOc1ccc(S(=O)(=O)N(C)Cc2nc3ccccc3s2)cc1OCC. The Kier molecular flexibility index (Phi) is 5.98. The number of thiazole rings is 1. The highest BCUT2D eigenvalue weighted by Gasteiger charge is 2.24. The van der Waals surface area contributed by atoms with Crippen LogP contribution in [-0.4, -0.2) is 38.0 Å². The van der Waals surface area contributed by atoms with Gasteiger partial charge >= 0.3 is 0 Å². The minimum Gasteiger partial charge on any atom is -0.490 e. The van der Waals surface area contributed by atoms with Crippen LogP contribution in [0.3, 0.4) is 0 Å². The Labute approximate surface area is 163 Å². The molecule has 0 amide bonds. The molecule has 0 saturated carbocycles. The van der Waals surface area contributed by atoms with Gasteiger partial charge in [0, 0.05) is 13.1 Å². The van der Waals surface area contributed by atoms with Gasteiger partial charge in [0.2, 0.25) is 10.0 Å². The minimum absolute atomic E-state index is 0.165. The van der Waals surface area contributed by atoms with Gasteiger partial charge in [-0.15, -0.1) is 11.3 Å². The second-order valence-corrected chi connectivity index (χ2v) is 8.97. The zero-order chi connectivity index (χ0) is 19.4. The largest absolute Gasteiger partial charge is 0.490 e. The molecule has 1 aromatic heterocycles. The summed E-state index contributed by atoms with van der Waals surface area (Å²) in [6.45, 7) is 4.82. The predicted octanol–water partition coefficient (Wildman–Crippen LogP) is 3.91. The summed E-state index contributed by atoms with van der Waals surface area (Å²) < 4.78 is 39.4. The van der Waals surface area contributed by atoms with Crippen molar-refractivity contribution in [1.82, 2.24) is 9.29 Å². The summed E-state index contributed by atoms with van der Waals surface area (Å²) in [6, 6.07) is 12.4. The number of para-hydroxylation sites is 1. The normalized spacial score (nSPS) is 11.9.